The Morgan fingerprint density at radius 1 is 0.326 bits per heavy atom. The first-order valence-electron chi connectivity index (χ1n) is 40.7. The lowest BCUT2D eigenvalue weighted by molar-refractivity contribution is -0.870. The van der Waals surface area contributed by atoms with E-state index in [4.69, 9.17) is 18.9 Å². The molecule has 0 bridgehead atoms. The molecule has 0 saturated carbocycles. The summed E-state index contributed by atoms with van der Waals surface area (Å²) in [6.07, 6.45) is 93.2. The summed E-state index contributed by atoms with van der Waals surface area (Å²) < 4.78 is 23.1. The van der Waals surface area contributed by atoms with Gasteiger partial charge in [-0.15, -0.1) is 0 Å². The third-order valence-electron chi connectivity index (χ3n) is 18.6. The average molecular weight is 1300 g/mol. The fraction of sp³-hybridized carbons (Fsp3) is 0.892. The summed E-state index contributed by atoms with van der Waals surface area (Å²) in [5, 5.41) is 9.77. The molecule has 92 heavy (non-hydrogen) atoms. The molecule has 0 radical (unpaired) electrons. The molecule has 2 atom stereocenters. The molecule has 0 rings (SSSR count). The van der Waals surface area contributed by atoms with Crippen LogP contribution in [0.15, 0.2) is 36.5 Å². The molecule has 0 fully saturated rings. The number of likely N-dealkylation sites (N-methyl/N-ethyl adjacent to an activating group) is 1. The Bertz CT molecular complexity index is 1600. The number of carboxylic acids is 1. The van der Waals surface area contributed by atoms with E-state index in [1.165, 1.54) is 340 Å². The molecule has 0 amide bonds. The molecule has 0 heterocycles. The third-order valence-corrected chi connectivity index (χ3v) is 18.6. The van der Waals surface area contributed by atoms with Gasteiger partial charge in [0.05, 0.1) is 34.4 Å². The van der Waals surface area contributed by atoms with Gasteiger partial charge in [-0.05, 0) is 51.4 Å². The van der Waals surface area contributed by atoms with Gasteiger partial charge < -0.3 is 28.5 Å². The van der Waals surface area contributed by atoms with Crippen LogP contribution < -0.4 is 0 Å². The van der Waals surface area contributed by atoms with Gasteiger partial charge in [0, 0.05) is 12.8 Å². The van der Waals surface area contributed by atoms with E-state index in [0.717, 1.165) is 51.4 Å². The van der Waals surface area contributed by atoms with Crippen molar-refractivity contribution in [2.45, 2.75) is 431 Å². The van der Waals surface area contributed by atoms with E-state index in [2.05, 4.69) is 50.3 Å². The lowest BCUT2D eigenvalue weighted by atomic mass is 10.0. The van der Waals surface area contributed by atoms with Crippen LogP contribution in [0.1, 0.15) is 418 Å². The minimum atomic E-state index is -1.51. The number of aliphatic carboxylic acids is 1. The third kappa shape index (κ3) is 74.9. The van der Waals surface area contributed by atoms with Crippen molar-refractivity contribution in [2.75, 3.05) is 47.5 Å². The highest BCUT2D eigenvalue weighted by atomic mass is 16.7. The van der Waals surface area contributed by atoms with E-state index in [1.807, 2.05) is 21.1 Å². The number of nitrogens with zero attached hydrogens (tertiary/aromatic N) is 1. The molecule has 9 heteroatoms. The van der Waals surface area contributed by atoms with Crippen molar-refractivity contribution in [3.63, 3.8) is 0 Å². The predicted molar refractivity (Wildman–Crippen MR) is 397 cm³/mol. The van der Waals surface area contributed by atoms with Gasteiger partial charge in [0.2, 0.25) is 0 Å². The molecule has 0 saturated heterocycles. The Morgan fingerprint density at radius 2 is 0.587 bits per heavy atom. The topological polar surface area (TPSA) is 108 Å². The maximum atomic E-state index is 13.0. The monoisotopic (exact) mass is 1300 g/mol. The number of carbonyl (C=O) groups excluding carboxylic acids is 2. The minimum Gasteiger partial charge on any atom is -0.477 e. The van der Waals surface area contributed by atoms with Crippen LogP contribution in [-0.2, 0) is 33.3 Å². The van der Waals surface area contributed by atoms with Gasteiger partial charge in [0.1, 0.15) is 13.2 Å². The number of hydrogen-bond acceptors (Lipinski definition) is 7. The van der Waals surface area contributed by atoms with E-state index >= 15 is 0 Å². The molecule has 542 valence electrons. The Hall–Kier alpha value is -2.49. The second-order valence-electron chi connectivity index (χ2n) is 29.1. The molecular formula is C83H158NO8+. The molecular weight excluding hydrogens is 1140 g/mol. The van der Waals surface area contributed by atoms with Gasteiger partial charge in [0.25, 0.3) is 6.29 Å². The lowest BCUT2D eigenvalue weighted by Gasteiger charge is -2.25. The smallest absolute Gasteiger partial charge is 0.361 e. The van der Waals surface area contributed by atoms with Crippen molar-refractivity contribution >= 4 is 17.9 Å². The molecule has 1 N–H and O–H groups in total. The van der Waals surface area contributed by atoms with Gasteiger partial charge >= 0.3 is 17.9 Å². The Balaban J connectivity index is 3.93. The number of allylic oxidation sites excluding steroid dienone is 6. The summed E-state index contributed by atoms with van der Waals surface area (Å²) in [5.74, 6) is -1.98. The van der Waals surface area contributed by atoms with Crippen LogP contribution in [0.4, 0.5) is 0 Å². The van der Waals surface area contributed by atoms with E-state index in [-0.39, 0.29) is 38.2 Å². The average Bonchev–Trinajstić information content (AvgIpc) is 3.70. The molecule has 0 aromatic rings. The number of carboxylic acid groups (broad SMARTS) is 1. The number of unbranched alkanes of at least 4 members (excludes halogenated alkanes) is 56. The van der Waals surface area contributed by atoms with Gasteiger partial charge in [-0.2, -0.15) is 0 Å². The van der Waals surface area contributed by atoms with Crippen LogP contribution >= 0.6 is 0 Å². The Morgan fingerprint density at radius 3 is 0.870 bits per heavy atom. The van der Waals surface area contributed by atoms with E-state index < -0.39 is 18.4 Å². The number of esters is 2. The van der Waals surface area contributed by atoms with E-state index in [0.29, 0.717) is 17.4 Å². The number of carbonyl (C=O) groups is 3. The first-order chi connectivity index (χ1) is 45.1. The van der Waals surface area contributed by atoms with Crippen molar-refractivity contribution in [1.29, 1.82) is 0 Å². The van der Waals surface area contributed by atoms with Crippen molar-refractivity contribution < 1.29 is 42.9 Å². The SMILES string of the molecule is CCCCCCC/C=C\C/C=C\C/C=C\CCCCCCCCCCCCCCC(=O)OC(COC(=O)CCCCCCCCCCCCCCCCCCCCCCCCCCCCCCCCCCCCCCCCCC)COC(OCC[N+](C)(C)C)C(=O)O. The maximum absolute atomic E-state index is 13.0. The molecule has 0 aliphatic carbocycles. The van der Waals surface area contributed by atoms with Crippen LogP contribution in [0, 0.1) is 0 Å². The van der Waals surface area contributed by atoms with Crippen LogP contribution in [0.5, 0.6) is 0 Å². The largest absolute Gasteiger partial charge is 0.477 e. The van der Waals surface area contributed by atoms with Crippen LogP contribution in [-0.4, -0.2) is 87.4 Å². The van der Waals surface area contributed by atoms with Crippen molar-refractivity contribution in [3.05, 3.63) is 36.5 Å². The van der Waals surface area contributed by atoms with Gasteiger partial charge in [-0.3, -0.25) is 9.59 Å². The van der Waals surface area contributed by atoms with Crippen LogP contribution in [0.3, 0.4) is 0 Å². The lowest BCUT2D eigenvalue weighted by Crippen LogP contribution is -2.40. The van der Waals surface area contributed by atoms with Crippen molar-refractivity contribution in [2.24, 2.45) is 0 Å². The summed E-state index contributed by atoms with van der Waals surface area (Å²) in [5.41, 5.74) is 0. The summed E-state index contributed by atoms with van der Waals surface area (Å²) in [6, 6.07) is 0. The zero-order chi connectivity index (χ0) is 66.8. The zero-order valence-corrected chi connectivity index (χ0v) is 62.2. The zero-order valence-electron chi connectivity index (χ0n) is 62.2. The standard InChI is InChI=1S/C83H157NO8/c1-6-8-10-12-14-16-18-20-22-24-26-28-30-32-34-35-36-37-38-39-40-41-42-43-44-45-46-48-49-51-53-55-57-59-61-63-65-67-69-71-73-80(85)90-77-79(78-91-83(82(87)88)89-76-75-84(3,4)5)92-81(86)74-72-70-68-66-64-62-60-58-56-54-52-50-47-33-31-29-27-25-23-21-19-17-15-13-11-9-7-2/h19,21,25,27,31,33,79,83H,6-18,20,22-24,26,28-30,32,34-78H2,1-5H3/p+1/b21-19-,27-25-,33-31-. The maximum Gasteiger partial charge on any atom is 0.361 e. The highest BCUT2D eigenvalue weighted by Gasteiger charge is 2.25. The second kappa shape index (κ2) is 74.3. The molecule has 0 aliphatic heterocycles. The van der Waals surface area contributed by atoms with Gasteiger partial charge in [0.15, 0.2) is 6.10 Å². The highest BCUT2D eigenvalue weighted by Crippen LogP contribution is 2.20. The highest BCUT2D eigenvalue weighted by molar-refractivity contribution is 5.71. The quantitative estimate of drug-likeness (QED) is 0.0211. The van der Waals surface area contributed by atoms with Crippen LogP contribution in [0.2, 0.25) is 0 Å². The number of ether oxygens (including phenoxy) is 4. The van der Waals surface area contributed by atoms with E-state index in [1.54, 1.807) is 0 Å². The van der Waals surface area contributed by atoms with E-state index in [9.17, 15) is 19.5 Å². The Kier molecular flexibility index (Phi) is 72.3. The molecule has 9 nitrogen and oxygen atoms in total. The first-order valence-corrected chi connectivity index (χ1v) is 40.7. The summed E-state index contributed by atoms with van der Waals surface area (Å²) in [6.45, 7) is 4.94. The fourth-order valence-corrected chi connectivity index (χ4v) is 12.4. The normalized spacial score (nSPS) is 12.8. The molecule has 2 unspecified atom stereocenters. The summed E-state index contributed by atoms with van der Waals surface area (Å²) in [7, 11) is 5.99. The Labute approximate surface area is 572 Å². The molecule has 0 aromatic carbocycles. The van der Waals surface area contributed by atoms with Gasteiger partial charge in [-0.25, -0.2) is 4.79 Å². The first kappa shape index (κ1) is 89.5. The van der Waals surface area contributed by atoms with Crippen molar-refractivity contribution in [1.82, 2.24) is 0 Å². The molecule has 0 spiro atoms. The van der Waals surface area contributed by atoms with Crippen molar-refractivity contribution in [3.8, 4) is 0 Å². The second-order valence-corrected chi connectivity index (χ2v) is 29.1. The molecule has 0 aromatic heterocycles. The fourth-order valence-electron chi connectivity index (χ4n) is 12.4. The summed E-state index contributed by atoms with van der Waals surface area (Å²) >= 11 is 0. The minimum absolute atomic E-state index is 0.178. The van der Waals surface area contributed by atoms with Gasteiger partial charge in [-0.1, -0.05) is 391 Å². The number of hydrogen-bond donors (Lipinski definition) is 1. The molecule has 0 aliphatic rings. The number of quaternary nitrogens is 1. The number of rotatable bonds is 77. The predicted octanol–water partition coefficient (Wildman–Crippen LogP) is 25.9. The van der Waals surface area contributed by atoms with Crippen LogP contribution in [0.25, 0.3) is 0 Å². The summed E-state index contributed by atoms with van der Waals surface area (Å²) in [4.78, 5) is 37.7.